The highest BCUT2D eigenvalue weighted by molar-refractivity contribution is 4.95. The van der Waals surface area contributed by atoms with E-state index in [9.17, 15) is 4.39 Å². The van der Waals surface area contributed by atoms with Crippen LogP contribution in [0.25, 0.3) is 0 Å². The number of piperidine rings is 1. The topological polar surface area (TPSA) is 47.0 Å². The minimum Gasteiger partial charge on any atom is -0.463 e. The van der Waals surface area contributed by atoms with E-state index in [0.717, 1.165) is 37.8 Å². The van der Waals surface area contributed by atoms with Crippen molar-refractivity contribution >= 4 is 0 Å². The fourth-order valence-corrected chi connectivity index (χ4v) is 2.08. The molecule has 1 aliphatic heterocycles. The van der Waals surface area contributed by atoms with Gasteiger partial charge in [0.05, 0.1) is 19.0 Å². The van der Waals surface area contributed by atoms with Gasteiger partial charge in [0.15, 0.2) is 5.82 Å². The van der Waals surface area contributed by atoms with Crippen molar-refractivity contribution in [3.8, 4) is 6.01 Å². The van der Waals surface area contributed by atoms with Crippen molar-refractivity contribution in [2.24, 2.45) is 5.92 Å². The highest BCUT2D eigenvalue weighted by atomic mass is 19.1. The molecule has 1 fully saturated rings. The Morgan fingerprint density at radius 1 is 1.29 bits per heavy atom. The second-order valence-corrected chi connectivity index (χ2v) is 4.37. The Morgan fingerprint density at radius 3 is 2.71 bits per heavy atom. The second kappa shape index (κ2) is 6.49. The van der Waals surface area contributed by atoms with E-state index in [2.05, 4.69) is 15.3 Å². The lowest BCUT2D eigenvalue weighted by molar-refractivity contribution is 0.257. The molecule has 5 heteroatoms. The van der Waals surface area contributed by atoms with Gasteiger partial charge in [-0.3, -0.25) is 0 Å². The maximum absolute atomic E-state index is 12.5. The Balaban J connectivity index is 1.60. The van der Waals surface area contributed by atoms with Crippen LogP contribution < -0.4 is 10.1 Å². The Kier molecular flexibility index (Phi) is 4.67. The van der Waals surface area contributed by atoms with E-state index < -0.39 is 5.82 Å². The van der Waals surface area contributed by atoms with E-state index in [1.807, 2.05) is 0 Å². The Morgan fingerprint density at radius 2 is 2.00 bits per heavy atom. The number of nitrogens with zero attached hydrogens (tertiary/aromatic N) is 2. The fourth-order valence-electron chi connectivity index (χ4n) is 2.08. The number of hydrogen-bond acceptors (Lipinski definition) is 4. The Hall–Kier alpha value is -1.23. The van der Waals surface area contributed by atoms with Crippen molar-refractivity contribution in [3.05, 3.63) is 18.2 Å². The average Bonchev–Trinajstić information content (AvgIpc) is 2.38. The van der Waals surface area contributed by atoms with Crippen LogP contribution in [-0.4, -0.2) is 29.7 Å². The molecule has 0 aliphatic carbocycles. The molecule has 0 radical (unpaired) electrons. The van der Waals surface area contributed by atoms with Crippen LogP contribution in [0.1, 0.15) is 25.7 Å². The SMILES string of the molecule is Fc1cnc(OCCCC2CCNCC2)nc1. The van der Waals surface area contributed by atoms with Gasteiger partial charge < -0.3 is 10.1 Å². The van der Waals surface area contributed by atoms with Gasteiger partial charge in [0, 0.05) is 0 Å². The van der Waals surface area contributed by atoms with Crippen LogP contribution in [0.4, 0.5) is 4.39 Å². The lowest BCUT2D eigenvalue weighted by Gasteiger charge is -2.22. The number of aromatic nitrogens is 2. The highest BCUT2D eigenvalue weighted by Gasteiger charge is 2.12. The summed E-state index contributed by atoms with van der Waals surface area (Å²) in [5.74, 6) is 0.376. The predicted molar refractivity (Wildman–Crippen MR) is 62.3 cm³/mol. The summed E-state index contributed by atoms with van der Waals surface area (Å²) in [6.07, 6.45) is 6.94. The van der Waals surface area contributed by atoms with Crippen LogP contribution in [0.5, 0.6) is 6.01 Å². The second-order valence-electron chi connectivity index (χ2n) is 4.37. The number of halogens is 1. The minimum absolute atomic E-state index is 0.261. The molecule has 0 aromatic carbocycles. The average molecular weight is 239 g/mol. The lowest BCUT2D eigenvalue weighted by Crippen LogP contribution is -2.27. The summed E-state index contributed by atoms with van der Waals surface area (Å²) < 4.78 is 17.9. The van der Waals surface area contributed by atoms with Crippen LogP contribution >= 0.6 is 0 Å². The highest BCUT2D eigenvalue weighted by Crippen LogP contribution is 2.17. The molecule has 2 heterocycles. The summed E-state index contributed by atoms with van der Waals surface area (Å²) in [4.78, 5) is 7.49. The number of ether oxygens (including phenoxy) is 1. The first-order valence-corrected chi connectivity index (χ1v) is 6.15. The van der Waals surface area contributed by atoms with Crippen molar-refractivity contribution in [1.82, 2.24) is 15.3 Å². The molecule has 1 N–H and O–H groups in total. The summed E-state index contributed by atoms with van der Waals surface area (Å²) in [5, 5.41) is 3.35. The van der Waals surface area contributed by atoms with Gasteiger partial charge in [-0.25, -0.2) is 14.4 Å². The molecule has 1 aromatic heterocycles. The molecule has 17 heavy (non-hydrogen) atoms. The number of rotatable bonds is 5. The molecule has 0 atom stereocenters. The maximum atomic E-state index is 12.5. The first-order valence-electron chi connectivity index (χ1n) is 6.15. The predicted octanol–water partition coefficient (Wildman–Crippen LogP) is 1.77. The molecule has 4 nitrogen and oxygen atoms in total. The van der Waals surface area contributed by atoms with Crippen LogP contribution in [-0.2, 0) is 0 Å². The molecule has 2 rings (SSSR count). The lowest BCUT2D eigenvalue weighted by atomic mass is 9.93. The largest absolute Gasteiger partial charge is 0.463 e. The van der Waals surface area contributed by atoms with E-state index in [-0.39, 0.29) is 6.01 Å². The zero-order valence-corrected chi connectivity index (χ0v) is 9.86. The van der Waals surface area contributed by atoms with Crippen molar-refractivity contribution in [2.75, 3.05) is 19.7 Å². The van der Waals surface area contributed by atoms with Crippen molar-refractivity contribution in [1.29, 1.82) is 0 Å². The summed E-state index contributed by atoms with van der Waals surface area (Å²) in [7, 11) is 0. The molecular weight excluding hydrogens is 221 g/mol. The Labute approximate surface area is 101 Å². The standard InChI is InChI=1S/C12H18FN3O/c13-11-8-15-12(16-9-11)17-7-1-2-10-3-5-14-6-4-10/h8-10,14H,1-7H2. The molecule has 94 valence electrons. The van der Waals surface area contributed by atoms with E-state index >= 15 is 0 Å². The molecule has 1 aliphatic rings. The molecule has 1 saturated heterocycles. The fraction of sp³-hybridized carbons (Fsp3) is 0.667. The van der Waals surface area contributed by atoms with Crippen molar-refractivity contribution in [2.45, 2.75) is 25.7 Å². The van der Waals surface area contributed by atoms with Crippen LogP contribution in [0, 0.1) is 11.7 Å². The van der Waals surface area contributed by atoms with Gasteiger partial charge in [0.25, 0.3) is 0 Å². The first kappa shape index (κ1) is 12.2. The third-order valence-corrected chi connectivity index (χ3v) is 3.04. The van der Waals surface area contributed by atoms with Crippen LogP contribution in [0.15, 0.2) is 12.4 Å². The molecule has 0 saturated carbocycles. The van der Waals surface area contributed by atoms with Gasteiger partial charge in [0.2, 0.25) is 0 Å². The molecule has 0 unspecified atom stereocenters. The smallest absolute Gasteiger partial charge is 0.316 e. The summed E-state index contributed by atoms with van der Waals surface area (Å²) >= 11 is 0. The van der Waals surface area contributed by atoms with Gasteiger partial charge in [-0.15, -0.1) is 0 Å². The van der Waals surface area contributed by atoms with Gasteiger partial charge in [-0.2, -0.15) is 0 Å². The molecule has 0 amide bonds. The first-order chi connectivity index (χ1) is 8.34. The Bertz CT molecular complexity index is 325. The summed E-state index contributed by atoms with van der Waals surface area (Å²) in [6, 6.07) is 0.261. The maximum Gasteiger partial charge on any atom is 0.316 e. The molecule has 1 aromatic rings. The van der Waals surface area contributed by atoms with Gasteiger partial charge >= 0.3 is 6.01 Å². The molecule has 0 spiro atoms. The van der Waals surface area contributed by atoms with E-state index in [1.54, 1.807) is 0 Å². The van der Waals surface area contributed by atoms with E-state index in [1.165, 1.54) is 19.3 Å². The third-order valence-electron chi connectivity index (χ3n) is 3.04. The monoisotopic (exact) mass is 239 g/mol. The quantitative estimate of drug-likeness (QED) is 0.796. The van der Waals surface area contributed by atoms with Crippen molar-refractivity contribution in [3.63, 3.8) is 0 Å². The van der Waals surface area contributed by atoms with Gasteiger partial charge in [-0.1, -0.05) is 0 Å². The number of nitrogens with one attached hydrogen (secondary N) is 1. The molecule has 0 bridgehead atoms. The van der Waals surface area contributed by atoms with Crippen LogP contribution in [0.2, 0.25) is 0 Å². The van der Waals surface area contributed by atoms with Crippen molar-refractivity contribution < 1.29 is 9.13 Å². The summed E-state index contributed by atoms with van der Waals surface area (Å²) in [6.45, 7) is 2.87. The van der Waals surface area contributed by atoms with Gasteiger partial charge in [0.1, 0.15) is 0 Å². The van der Waals surface area contributed by atoms with E-state index in [0.29, 0.717) is 6.61 Å². The number of hydrogen-bond donors (Lipinski definition) is 1. The third kappa shape index (κ3) is 4.26. The normalized spacial score (nSPS) is 17.0. The van der Waals surface area contributed by atoms with Gasteiger partial charge in [-0.05, 0) is 44.7 Å². The zero-order valence-electron chi connectivity index (χ0n) is 9.86. The molecular formula is C12H18FN3O. The van der Waals surface area contributed by atoms with Crippen LogP contribution in [0.3, 0.4) is 0 Å². The summed E-state index contributed by atoms with van der Waals surface area (Å²) in [5.41, 5.74) is 0. The minimum atomic E-state index is -0.438. The zero-order chi connectivity index (χ0) is 11.9. The van der Waals surface area contributed by atoms with E-state index in [4.69, 9.17) is 4.74 Å².